The summed E-state index contributed by atoms with van der Waals surface area (Å²) in [5.74, 6) is 0. The maximum atomic E-state index is 6.33. The van der Waals surface area contributed by atoms with Crippen LogP contribution in [-0.2, 0) is 4.74 Å². The smallest absolute Gasteiger partial charge is 0.185 e. The zero-order chi connectivity index (χ0) is 12.4. The van der Waals surface area contributed by atoms with Gasteiger partial charge in [0.15, 0.2) is 5.13 Å². The number of nitrogens with two attached hydrogens (primary N) is 1. The van der Waals surface area contributed by atoms with Crippen molar-refractivity contribution < 1.29 is 4.74 Å². The lowest BCUT2D eigenvalue weighted by Gasteiger charge is -2.38. The summed E-state index contributed by atoms with van der Waals surface area (Å²) in [6.07, 6.45) is 2.86. The van der Waals surface area contributed by atoms with Gasteiger partial charge in [-0.05, 0) is 6.42 Å². The Kier molecular flexibility index (Phi) is 3.52. The van der Waals surface area contributed by atoms with E-state index >= 15 is 0 Å². The minimum absolute atomic E-state index is 0.122. The number of rotatable bonds is 3. The fourth-order valence-electron chi connectivity index (χ4n) is 2.66. The third-order valence-electron chi connectivity index (χ3n) is 3.73. The van der Waals surface area contributed by atoms with Crippen molar-refractivity contribution in [3.8, 4) is 0 Å². The molecule has 100 valence electrons. The zero-order valence-corrected chi connectivity index (χ0v) is 11.4. The summed E-state index contributed by atoms with van der Waals surface area (Å²) in [6, 6.07) is 0. The van der Waals surface area contributed by atoms with Crippen LogP contribution in [0.25, 0.3) is 0 Å². The third-order valence-corrected chi connectivity index (χ3v) is 4.57. The van der Waals surface area contributed by atoms with E-state index in [0.29, 0.717) is 6.61 Å². The van der Waals surface area contributed by atoms with E-state index in [1.807, 2.05) is 11.6 Å². The molecule has 0 amide bonds. The number of piperazine rings is 1. The summed E-state index contributed by atoms with van der Waals surface area (Å²) in [6.45, 7) is 6.71. The second kappa shape index (κ2) is 5.13. The van der Waals surface area contributed by atoms with Gasteiger partial charge >= 0.3 is 0 Å². The SMILES string of the molecule is NC1(CN2CCN(c3nccs3)CC2)CCOC1. The highest BCUT2D eigenvalue weighted by Crippen LogP contribution is 2.21. The molecule has 1 atom stereocenters. The summed E-state index contributed by atoms with van der Waals surface area (Å²) in [5, 5.41) is 3.17. The largest absolute Gasteiger partial charge is 0.379 e. The Morgan fingerprint density at radius 2 is 2.22 bits per heavy atom. The minimum atomic E-state index is -0.122. The highest BCUT2D eigenvalue weighted by atomic mass is 32.1. The second-order valence-corrected chi connectivity index (χ2v) is 6.12. The molecule has 2 aliphatic heterocycles. The van der Waals surface area contributed by atoms with Gasteiger partial charge in [0.05, 0.1) is 12.1 Å². The molecule has 18 heavy (non-hydrogen) atoms. The molecule has 0 radical (unpaired) electrons. The molecule has 0 bridgehead atoms. The van der Waals surface area contributed by atoms with Crippen LogP contribution in [0.2, 0.25) is 0 Å². The van der Waals surface area contributed by atoms with Crippen molar-refractivity contribution >= 4 is 16.5 Å². The van der Waals surface area contributed by atoms with Crippen LogP contribution in [0, 0.1) is 0 Å². The van der Waals surface area contributed by atoms with Gasteiger partial charge in [0.2, 0.25) is 0 Å². The van der Waals surface area contributed by atoms with Crippen LogP contribution in [0.3, 0.4) is 0 Å². The molecular weight excluding hydrogens is 248 g/mol. The van der Waals surface area contributed by atoms with Crippen LogP contribution in [0.15, 0.2) is 11.6 Å². The summed E-state index contributed by atoms with van der Waals surface area (Å²) in [7, 11) is 0. The Balaban J connectivity index is 1.51. The lowest BCUT2D eigenvalue weighted by Crippen LogP contribution is -2.55. The lowest BCUT2D eigenvalue weighted by atomic mass is 9.99. The molecule has 0 saturated carbocycles. The van der Waals surface area contributed by atoms with E-state index in [9.17, 15) is 0 Å². The maximum absolute atomic E-state index is 6.33. The molecule has 2 fully saturated rings. The number of thiazole rings is 1. The Bertz CT molecular complexity index is 369. The fraction of sp³-hybridized carbons (Fsp3) is 0.750. The molecule has 1 aromatic heterocycles. The standard InChI is InChI=1S/C12H20N4OS/c13-12(1-7-17-10-12)9-15-3-5-16(6-4-15)11-14-2-8-18-11/h2,8H,1,3-7,9-10,13H2. The topological polar surface area (TPSA) is 54.6 Å². The predicted molar refractivity (Wildman–Crippen MR) is 73.1 cm³/mol. The molecule has 3 rings (SSSR count). The normalized spacial score (nSPS) is 29.9. The first kappa shape index (κ1) is 12.3. The van der Waals surface area contributed by atoms with Gasteiger partial charge in [0, 0.05) is 50.9 Å². The second-order valence-electron chi connectivity index (χ2n) is 5.24. The van der Waals surface area contributed by atoms with Crippen molar-refractivity contribution in [2.45, 2.75) is 12.0 Å². The van der Waals surface area contributed by atoms with Gasteiger partial charge in [-0.1, -0.05) is 0 Å². The van der Waals surface area contributed by atoms with Gasteiger partial charge in [0.25, 0.3) is 0 Å². The van der Waals surface area contributed by atoms with E-state index in [1.54, 1.807) is 11.3 Å². The molecule has 1 aromatic rings. The van der Waals surface area contributed by atoms with Crippen molar-refractivity contribution in [1.82, 2.24) is 9.88 Å². The molecule has 5 nitrogen and oxygen atoms in total. The highest BCUT2D eigenvalue weighted by Gasteiger charge is 2.33. The Morgan fingerprint density at radius 3 is 2.83 bits per heavy atom. The highest BCUT2D eigenvalue weighted by molar-refractivity contribution is 7.13. The average Bonchev–Trinajstić information content (AvgIpc) is 3.02. The van der Waals surface area contributed by atoms with Crippen LogP contribution in [0.4, 0.5) is 5.13 Å². The minimum Gasteiger partial charge on any atom is -0.379 e. The molecule has 0 aliphatic carbocycles. The number of hydrogen-bond donors (Lipinski definition) is 1. The van der Waals surface area contributed by atoms with E-state index < -0.39 is 0 Å². The van der Waals surface area contributed by atoms with Crippen LogP contribution in [-0.4, -0.2) is 61.4 Å². The number of ether oxygens (including phenoxy) is 1. The molecule has 2 aliphatic rings. The van der Waals surface area contributed by atoms with Crippen molar-refractivity contribution in [1.29, 1.82) is 0 Å². The molecule has 0 aromatic carbocycles. The summed E-state index contributed by atoms with van der Waals surface area (Å²) >= 11 is 1.71. The number of hydrogen-bond acceptors (Lipinski definition) is 6. The third kappa shape index (κ3) is 2.66. The Morgan fingerprint density at radius 1 is 1.39 bits per heavy atom. The summed E-state index contributed by atoms with van der Waals surface area (Å²) < 4.78 is 5.41. The first-order valence-corrected chi connectivity index (χ1v) is 7.37. The van der Waals surface area contributed by atoms with Crippen LogP contribution in [0.5, 0.6) is 0 Å². The van der Waals surface area contributed by atoms with Crippen molar-refractivity contribution in [2.75, 3.05) is 50.8 Å². The Labute approximate surface area is 112 Å². The number of aromatic nitrogens is 1. The monoisotopic (exact) mass is 268 g/mol. The maximum Gasteiger partial charge on any atom is 0.185 e. The lowest BCUT2D eigenvalue weighted by molar-refractivity contribution is 0.149. The quantitative estimate of drug-likeness (QED) is 0.859. The van der Waals surface area contributed by atoms with Gasteiger partial charge in [-0.15, -0.1) is 11.3 Å². The molecule has 1 unspecified atom stereocenters. The van der Waals surface area contributed by atoms with E-state index in [2.05, 4.69) is 14.8 Å². The summed E-state index contributed by atoms with van der Waals surface area (Å²) in [4.78, 5) is 9.18. The molecule has 2 N–H and O–H groups in total. The van der Waals surface area contributed by atoms with Gasteiger partial charge in [0.1, 0.15) is 0 Å². The van der Waals surface area contributed by atoms with Crippen molar-refractivity contribution in [3.63, 3.8) is 0 Å². The van der Waals surface area contributed by atoms with Crippen LogP contribution >= 0.6 is 11.3 Å². The number of anilines is 1. The van der Waals surface area contributed by atoms with Crippen molar-refractivity contribution in [3.05, 3.63) is 11.6 Å². The fourth-order valence-corrected chi connectivity index (χ4v) is 3.36. The van der Waals surface area contributed by atoms with Gasteiger partial charge < -0.3 is 15.4 Å². The molecular formula is C12H20N4OS. The van der Waals surface area contributed by atoms with Gasteiger partial charge in [-0.2, -0.15) is 0 Å². The molecule has 0 spiro atoms. The predicted octanol–water partition coefficient (Wildman–Crippen LogP) is 0.383. The van der Waals surface area contributed by atoms with E-state index in [1.165, 1.54) is 0 Å². The van der Waals surface area contributed by atoms with E-state index in [-0.39, 0.29) is 5.54 Å². The van der Waals surface area contributed by atoms with Crippen LogP contribution in [0.1, 0.15) is 6.42 Å². The number of nitrogens with zero attached hydrogens (tertiary/aromatic N) is 3. The van der Waals surface area contributed by atoms with Crippen LogP contribution < -0.4 is 10.6 Å². The average molecular weight is 268 g/mol. The molecule has 2 saturated heterocycles. The van der Waals surface area contributed by atoms with E-state index in [0.717, 1.165) is 50.9 Å². The zero-order valence-electron chi connectivity index (χ0n) is 10.5. The van der Waals surface area contributed by atoms with Crippen molar-refractivity contribution in [2.24, 2.45) is 5.73 Å². The van der Waals surface area contributed by atoms with Gasteiger partial charge in [-0.3, -0.25) is 4.90 Å². The molecule has 3 heterocycles. The Hall–Kier alpha value is -0.690. The molecule has 6 heteroatoms. The first-order chi connectivity index (χ1) is 8.75. The summed E-state index contributed by atoms with van der Waals surface area (Å²) in [5.41, 5.74) is 6.21. The van der Waals surface area contributed by atoms with E-state index in [4.69, 9.17) is 10.5 Å². The first-order valence-electron chi connectivity index (χ1n) is 6.49. The van der Waals surface area contributed by atoms with Gasteiger partial charge in [-0.25, -0.2) is 4.98 Å².